The van der Waals surface area contributed by atoms with Gasteiger partial charge in [-0.2, -0.15) is 0 Å². The third kappa shape index (κ3) is 6.44. The third-order valence-electron chi connectivity index (χ3n) is 9.97. The molecule has 0 saturated heterocycles. The molecule has 6 aromatic carbocycles. The van der Waals surface area contributed by atoms with Crippen molar-refractivity contribution in [2.24, 2.45) is 0 Å². The van der Waals surface area contributed by atoms with Crippen molar-refractivity contribution < 1.29 is 0 Å². The number of hydrogen-bond acceptors (Lipinski definition) is 4. The van der Waals surface area contributed by atoms with Crippen molar-refractivity contribution in [2.45, 2.75) is 13.1 Å². The number of imidazole rings is 2. The number of fused-ring (bicyclic) bond motifs is 8. The predicted octanol–water partition coefficient (Wildman–Crippen LogP) is 11.5. The Morgan fingerprint density at radius 3 is 1.27 bits per heavy atom. The summed E-state index contributed by atoms with van der Waals surface area (Å²) >= 11 is 24.7. The average Bonchev–Trinajstić information content (AvgIpc) is 3.80. The van der Waals surface area contributed by atoms with Gasteiger partial charge in [0.05, 0.1) is 48.8 Å². The Kier molecular flexibility index (Phi) is 8.25. The van der Waals surface area contributed by atoms with Crippen LogP contribution in [0.2, 0.25) is 20.1 Å². The summed E-state index contributed by atoms with van der Waals surface area (Å²) in [7, 11) is 0. The van der Waals surface area contributed by atoms with Crippen molar-refractivity contribution in [2.75, 3.05) is 16.5 Å². The summed E-state index contributed by atoms with van der Waals surface area (Å²) in [6, 6.07) is 36.3. The van der Waals surface area contributed by atoms with Gasteiger partial charge in [-0.3, -0.25) is 0 Å². The van der Waals surface area contributed by atoms with Gasteiger partial charge in [0, 0.05) is 57.8 Å². The zero-order valence-electron chi connectivity index (χ0n) is 28.8. The lowest BCUT2D eigenvalue weighted by molar-refractivity contribution is 0.650. The van der Waals surface area contributed by atoms with Gasteiger partial charge in [0.1, 0.15) is 11.6 Å². The number of anilines is 2. The van der Waals surface area contributed by atoms with E-state index in [2.05, 4.69) is 89.8 Å². The number of benzene rings is 6. The van der Waals surface area contributed by atoms with E-state index in [1.807, 2.05) is 48.5 Å². The molecule has 4 heterocycles. The SMILES string of the molecule is Clc1cc2nc(-c3ccc(C#Cc4ccc5c(c4)CN4CN5Cc5cc(C#Cc6ccc(-c7nc8cc(Cl)c(Cl)cc8[nH]7)cc6)ccc54)cc3)[nH]c2cc1Cl. The Bertz CT molecular complexity index is 2700. The van der Waals surface area contributed by atoms with Crippen LogP contribution in [0.3, 0.4) is 0 Å². The van der Waals surface area contributed by atoms with Crippen LogP contribution in [0.1, 0.15) is 33.4 Å². The fraction of sp³-hybridized carbons (Fsp3) is 0.0667. The molecular weight excluding hydrogens is 766 g/mol. The van der Waals surface area contributed by atoms with Gasteiger partial charge in [0.25, 0.3) is 0 Å². The van der Waals surface area contributed by atoms with E-state index in [1.165, 1.54) is 22.5 Å². The van der Waals surface area contributed by atoms with Gasteiger partial charge >= 0.3 is 0 Å². The standard InChI is InChI=1S/C45H26Cl4N6/c46-34-19-38-39(20-35(34)47)51-44(50-38)30-11-5-26(6-12-30)1-3-28-9-15-42-32(17-28)23-54-25-55(42)24-33-18-29(10-16-43(33)54)4-2-27-7-13-31(14-8-27)45-52-40-21-36(48)37(49)22-41(40)53-45/h5-22H,23-25H2,(H,50,51)(H,52,53). The largest absolute Gasteiger partial charge is 0.349 e. The number of rotatable bonds is 2. The molecular formula is C45H26Cl4N6. The molecule has 0 unspecified atom stereocenters. The molecule has 55 heavy (non-hydrogen) atoms. The number of H-pyrrole nitrogens is 2. The first kappa shape index (κ1) is 33.7. The molecule has 6 nitrogen and oxygen atoms in total. The first-order valence-electron chi connectivity index (χ1n) is 17.5. The van der Waals surface area contributed by atoms with E-state index in [-0.39, 0.29) is 0 Å². The van der Waals surface area contributed by atoms with Crippen LogP contribution >= 0.6 is 46.4 Å². The summed E-state index contributed by atoms with van der Waals surface area (Å²) in [4.78, 5) is 20.8. The molecule has 0 saturated carbocycles. The molecule has 2 aliphatic rings. The van der Waals surface area contributed by atoms with E-state index in [9.17, 15) is 0 Å². The van der Waals surface area contributed by atoms with Crippen LogP contribution in [0, 0.1) is 23.7 Å². The molecule has 0 aliphatic carbocycles. The molecule has 0 atom stereocenters. The van der Waals surface area contributed by atoms with E-state index in [0.717, 1.165) is 86.9 Å². The van der Waals surface area contributed by atoms with Crippen LogP contribution in [-0.2, 0) is 13.1 Å². The van der Waals surface area contributed by atoms with E-state index >= 15 is 0 Å². The monoisotopic (exact) mass is 790 g/mol. The van der Waals surface area contributed by atoms with E-state index < -0.39 is 0 Å². The molecule has 0 spiro atoms. The molecule has 0 radical (unpaired) electrons. The van der Waals surface area contributed by atoms with E-state index in [1.54, 1.807) is 24.3 Å². The van der Waals surface area contributed by atoms with E-state index in [4.69, 9.17) is 46.4 Å². The summed E-state index contributed by atoms with van der Waals surface area (Å²) in [6.45, 7) is 2.49. The zero-order chi connectivity index (χ0) is 37.2. The van der Waals surface area contributed by atoms with Crippen LogP contribution < -0.4 is 9.80 Å². The minimum atomic E-state index is 0.484. The van der Waals surface area contributed by atoms with Crippen molar-refractivity contribution in [3.63, 3.8) is 0 Å². The number of halogens is 4. The van der Waals surface area contributed by atoms with Crippen molar-refractivity contribution in [3.05, 3.63) is 163 Å². The smallest absolute Gasteiger partial charge is 0.138 e. The minimum Gasteiger partial charge on any atom is -0.349 e. The topological polar surface area (TPSA) is 63.8 Å². The number of nitrogens with zero attached hydrogens (tertiary/aromatic N) is 4. The highest BCUT2D eigenvalue weighted by Crippen LogP contribution is 2.39. The molecule has 8 aromatic rings. The molecule has 2 aromatic heterocycles. The summed E-state index contributed by atoms with van der Waals surface area (Å²) in [5.41, 5.74) is 14.0. The lowest BCUT2D eigenvalue weighted by Crippen LogP contribution is -2.46. The van der Waals surface area contributed by atoms with Gasteiger partial charge in [0.2, 0.25) is 0 Å². The Morgan fingerprint density at radius 2 is 0.836 bits per heavy atom. The highest BCUT2D eigenvalue weighted by atomic mass is 35.5. The van der Waals surface area contributed by atoms with Gasteiger partial charge in [-0.05, 0) is 96.1 Å². The van der Waals surface area contributed by atoms with Crippen LogP contribution in [0.5, 0.6) is 0 Å². The van der Waals surface area contributed by atoms with Gasteiger partial charge in [0.15, 0.2) is 0 Å². The van der Waals surface area contributed by atoms with Crippen molar-refractivity contribution in [3.8, 4) is 46.5 Å². The third-order valence-corrected chi connectivity index (χ3v) is 11.4. The molecule has 264 valence electrons. The Balaban J connectivity index is 0.823. The fourth-order valence-electron chi connectivity index (χ4n) is 7.23. The maximum atomic E-state index is 6.18. The minimum absolute atomic E-state index is 0.484. The normalized spacial score (nSPS) is 12.9. The Labute approximate surface area is 336 Å². The zero-order valence-corrected chi connectivity index (χ0v) is 31.8. The predicted molar refractivity (Wildman–Crippen MR) is 225 cm³/mol. The number of aromatic nitrogens is 4. The van der Waals surface area contributed by atoms with Gasteiger partial charge in [-0.1, -0.05) is 94.4 Å². The highest BCUT2D eigenvalue weighted by Gasteiger charge is 2.29. The van der Waals surface area contributed by atoms with Gasteiger partial charge in [-0.15, -0.1) is 0 Å². The van der Waals surface area contributed by atoms with Gasteiger partial charge in [-0.25, -0.2) is 9.97 Å². The Hall–Kier alpha value is -5.86. The lowest BCUT2D eigenvalue weighted by Gasteiger charge is -2.44. The summed E-state index contributed by atoms with van der Waals surface area (Å²) in [5.74, 6) is 14.9. The lowest BCUT2D eigenvalue weighted by atomic mass is 9.98. The van der Waals surface area contributed by atoms with Gasteiger partial charge < -0.3 is 19.8 Å². The van der Waals surface area contributed by atoms with Crippen LogP contribution in [-0.4, -0.2) is 26.6 Å². The number of aromatic amines is 2. The summed E-state index contributed by atoms with van der Waals surface area (Å²) < 4.78 is 0. The van der Waals surface area contributed by atoms with Crippen molar-refractivity contribution in [1.29, 1.82) is 0 Å². The fourth-order valence-corrected chi connectivity index (χ4v) is 7.87. The molecule has 0 fully saturated rings. The Morgan fingerprint density at radius 1 is 0.455 bits per heavy atom. The first-order chi connectivity index (χ1) is 26.8. The molecule has 10 rings (SSSR count). The van der Waals surface area contributed by atoms with E-state index in [0.29, 0.717) is 20.1 Å². The number of hydrogen-bond donors (Lipinski definition) is 2. The quantitative estimate of drug-likeness (QED) is 0.171. The number of nitrogens with one attached hydrogen (secondary N) is 2. The molecule has 2 bridgehead atoms. The molecule has 0 amide bonds. The molecule has 10 heteroatoms. The second kappa shape index (κ2) is 13.5. The summed E-state index contributed by atoms with van der Waals surface area (Å²) in [5, 5.41) is 1.96. The van der Waals surface area contributed by atoms with Crippen molar-refractivity contribution >= 4 is 79.8 Å². The first-order valence-corrected chi connectivity index (χ1v) is 19.0. The summed E-state index contributed by atoms with van der Waals surface area (Å²) in [6.07, 6.45) is 0. The second-order valence-corrected chi connectivity index (χ2v) is 15.2. The second-order valence-electron chi connectivity index (χ2n) is 13.6. The highest BCUT2D eigenvalue weighted by molar-refractivity contribution is 6.43. The maximum Gasteiger partial charge on any atom is 0.138 e. The maximum absolute atomic E-state index is 6.18. The van der Waals surface area contributed by atoms with Crippen LogP contribution in [0.25, 0.3) is 44.8 Å². The average molecular weight is 793 g/mol. The molecule has 2 N–H and O–H groups in total. The van der Waals surface area contributed by atoms with Crippen molar-refractivity contribution in [1.82, 2.24) is 19.9 Å². The van der Waals surface area contributed by atoms with Crippen LogP contribution in [0.15, 0.2) is 109 Å². The molecule has 2 aliphatic heterocycles. The van der Waals surface area contributed by atoms with Crippen LogP contribution in [0.4, 0.5) is 11.4 Å².